The van der Waals surface area contributed by atoms with Crippen molar-refractivity contribution >= 4 is 29.5 Å². The molecule has 3 atom stereocenters. The lowest BCUT2D eigenvalue weighted by molar-refractivity contribution is -0.195. The van der Waals surface area contributed by atoms with Gasteiger partial charge >= 0.3 is 5.97 Å². The van der Waals surface area contributed by atoms with Gasteiger partial charge in [0.25, 0.3) is 0 Å². The Balaban J connectivity index is 2.16. The highest BCUT2D eigenvalue weighted by atomic mass is 32.2. The minimum Gasteiger partial charge on any atom is -0.479 e. The number of hydrogen-bond donors (Lipinski definition) is 2. The SMILES string of the molecule is CCOC1CC(NC(=O)C2CSCN2C(=O)CC)(C(=O)O)C1(C)C. The second-order valence-corrected chi connectivity index (χ2v) is 7.80. The molecular weight excluding hydrogens is 332 g/mol. The molecule has 1 aliphatic carbocycles. The third-order valence-corrected chi connectivity index (χ3v) is 6.29. The van der Waals surface area contributed by atoms with Crippen LogP contribution in [0.25, 0.3) is 0 Å². The number of carboxylic acids is 1. The largest absolute Gasteiger partial charge is 0.479 e. The summed E-state index contributed by atoms with van der Waals surface area (Å²) in [5, 5.41) is 12.5. The first-order valence-electron chi connectivity index (χ1n) is 8.25. The zero-order valence-electron chi connectivity index (χ0n) is 14.6. The first-order chi connectivity index (χ1) is 11.2. The average Bonchev–Trinajstić information content (AvgIpc) is 3.02. The predicted octanol–water partition coefficient (Wildman–Crippen LogP) is 1.07. The van der Waals surface area contributed by atoms with Crippen LogP contribution < -0.4 is 5.32 Å². The molecular formula is C16H26N2O5S. The van der Waals surface area contributed by atoms with E-state index in [2.05, 4.69) is 5.32 Å². The number of aliphatic carboxylic acids is 1. The van der Waals surface area contributed by atoms with Crippen molar-refractivity contribution in [3.8, 4) is 0 Å². The fourth-order valence-electron chi connectivity index (χ4n) is 3.44. The fraction of sp³-hybridized carbons (Fsp3) is 0.812. The summed E-state index contributed by atoms with van der Waals surface area (Å²) in [6.07, 6.45) is 0.341. The zero-order chi connectivity index (χ0) is 18.1. The molecule has 24 heavy (non-hydrogen) atoms. The van der Waals surface area contributed by atoms with Crippen molar-refractivity contribution in [2.24, 2.45) is 5.41 Å². The Kier molecular flexibility index (Phi) is 5.49. The van der Waals surface area contributed by atoms with E-state index >= 15 is 0 Å². The number of thioether (sulfide) groups is 1. The summed E-state index contributed by atoms with van der Waals surface area (Å²) in [5.74, 6) is -0.592. The second kappa shape index (κ2) is 6.92. The quantitative estimate of drug-likeness (QED) is 0.737. The van der Waals surface area contributed by atoms with Gasteiger partial charge in [0, 0.05) is 30.6 Å². The topological polar surface area (TPSA) is 95.9 Å². The van der Waals surface area contributed by atoms with Crippen LogP contribution in [0.15, 0.2) is 0 Å². The van der Waals surface area contributed by atoms with E-state index in [9.17, 15) is 19.5 Å². The van der Waals surface area contributed by atoms with Gasteiger partial charge in [-0.2, -0.15) is 0 Å². The van der Waals surface area contributed by atoms with Crippen LogP contribution in [0, 0.1) is 5.41 Å². The maximum absolute atomic E-state index is 12.7. The van der Waals surface area contributed by atoms with Gasteiger partial charge in [0.1, 0.15) is 11.6 Å². The van der Waals surface area contributed by atoms with Crippen LogP contribution >= 0.6 is 11.8 Å². The van der Waals surface area contributed by atoms with Crippen molar-refractivity contribution < 1.29 is 24.2 Å². The fourth-order valence-corrected chi connectivity index (χ4v) is 4.62. The van der Waals surface area contributed by atoms with Crippen LogP contribution in [0.2, 0.25) is 0 Å². The number of carbonyl (C=O) groups is 3. The molecule has 2 fully saturated rings. The van der Waals surface area contributed by atoms with Crippen molar-refractivity contribution in [3.05, 3.63) is 0 Å². The van der Waals surface area contributed by atoms with Crippen molar-refractivity contribution in [1.82, 2.24) is 10.2 Å². The van der Waals surface area contributed by atoms with E-state index in [-0.39, 0.29) is 18.4 Å². The van der Waals surface area contributed by atoms with Gasteiger partial charge in [-0.15, -0.1) is 11.8 Å². The highest BCUT2D eigenvalue weighted by Gasteiger charge is 2.66. The summed E-state index contributed by atoms with van der Waals surface area (Å²) < 4.78 is 5.60. The van der Waals surface area contributed by atoms with Crippen LogP contribution in [-0.4, -0.2) is 63.7 Å². The van der Waals surface area contributed by atoms with Crippen LogP contribution in [-0.2, 0) is 19.1 Å². The molecule has 136 valence electrons. The molecule has 1 saturated carbocycles. The minimum absolute atomic E-state index is 0.0930. The van der Waals surface area contributed by atoms with Gasteiger partial charge in [-0.25, -0.2) is 4.79 Å². The number of carboxylic acid groups (broad SMARTS) is 1. The van der Waals surface area contributed by atoms with E-state index in [0.717, 1.165) is 0 Å². The average molecular weight is 358 g/mol. The highest BCUT2D eigenvalue weighted by Crippen LogP contribution is 2.51. The van der Waals surface area contributed by atoms with E-state index in [1.165, 1.54) is 16.7 Å². The van der Waals surface area contributed by atoms with Crippen LogP contribution in [0.3, 0.4) is 0 Å². The van der Waals surface area contributed by atoms with E-state index in [0.29, 0.717) is 24.7 Å². The van der Waals surface area contributed by atoms with Gasteiger partial charge in [-0.1, -0.05) is 20.8 Å². The molecule has 7 nitrogen and oxygen atoms in total. The van der Waals surface area contributed by atoms with Crippen LogP contribution in [0.4, 0.5) is 0 Å². The predicted molar refractivity (Wildman–Crippen MR) is 90.6 cm³/mol. The van der Waals surface area contributed by atoms with Gasteiger partial charge < -0.3 is 20.1 Å². The number of nitrogens with zero attached hydrogens (tertiary/aromatic N) is 1. The normalized spacial score (nSPS) is 31.4. The minimum atomic E-state index is -1.36. The van der Waals surface area contributed by atoms with Crippen molar-refractivity contribution in [2.75, 3.05) is 18.2 Å². The number of nitrogens with one attached hydrogen (secondary N) is 1. The summed E-state index contributed by atoms with van der Waals surface area (Å²) in [6.45, 7) is 7.70. The third-order valence-electron chi connectivity index (χ3n) is 5.27. The smallest absolute Gasteiger partial charge is 0.330 e. The van der Waals surface area contributed by atoms with Gasteiger partial charge in [-0.3, -0.25) is 9.59 Å². The number of hydrogen-bond acceptors (Lipinski definition) is 5. The number of amides is 2. The van der Waals surface area contributed by atoms with E-state index in [1.54, 1.807) is 20.8 Å². The molecule has 0 aromatic rings. The first kappa shape index (κ1) is 19.1. The molecule has 8 heteroatoms. The Morgan fingerprint density at radius 1 is 1.33 bits per heavy atom. The van der Waals surface area contributed by atoms with E-state index in [4.69, 9.17) is 4.74 Å². The Labute approximate surface area is 146 Å². The molecule has 2 N–H and O–H groups in total. The molecule has 3 unspecified atom stereocenters. The van der Waals surface area contributed by atoms with Gasteiger partial charge in [0.15, 0.2) is 0 Å². The maximum atomic E-state index is 12.7. The summed E-state index contributed by atoms with van der Waals surface area (Å²) in [5.41, 5.74) is -2.09. The van der Waals surface area contributed by atoms with E-state index in [1.807, 2.05) is 6.92 Å². The lowest BCUT2D eigenvalue weighted by Gasteiger charge is -2.58. The molecule has 0 aromatic heterocycles. The molecule has 2 rings (SSSR count). The van der Waals surface area contributed by atoms with Gasteiger partial charge in [-0.05, 0) is 6.92 Å². The molecule has 1 heterocycles. The van der Waals surface area contributed by atoms with Crippen molar-refractivity contribution in [2.45, 2.75) is 58.2 Å². The Hall–Kier alpha value is -1.28. The number of ether oxygens (including phenoxy) is 1. The molecule has 0 spiro atoms. The lowest BCUT2D eigenvalue weighted by Crippen LogP contribution is -2.77. The number of rotatable bonds is 6. The zero-order valence-corrected chi connectivity index (χ0v) is 15.4. The molecule has 1 aliphatic heterocycles. The highest BCUT2D eigenvalue weighted by molar-refractivity contribution is 7.99. The Morgan fingerprint density at radius 2 is 2.00 bits per heavy atom. The summed E-state index contributed by atoms with van der Waals surface area (Å²) in [6, 6.07) is -0.611. The molecule has 1 saturated heterocycles. The monoisotopic (exact) mass is 358 g/mol. The Bertz CT molecular complexity index is 539. The third kappa shape index (κ3) is 2.90. The first-order valence-corrected chi connectivity index (χ1v) is 9.41. The standard InChI is InChI=1S/C16H26N2O5S/c1-5-12(19)18-9-24-8-10(18)13(20)17-16(14(21)22)7-11(23-6-2)15(16,3)4/h10-11H,5-9H2,1-4H3,(H,17,20)(H,21,22). The van der Waals surface area contributed by atoms with Gasteiger partial charge in [0.05, 0.1) is 12.0 Å². The Morgan fingerprint density at radius 3 is 2.50 bits per heavy atom. The molecule has 0 aromatic carbocycles. The molecule has 2 amide bonds. The summed E-state index contributed by atoms with van der Waals surface area (Å²) in [4.78, 5) is 38.2. The van der Waals surface area contributed by atoms with Crippen LogP contribution in [0.5, 0.6) is 0 Å². The van der Waals surface area contributed by atoms with Crippen molar-refractivity contribution in [3.63, 3.8) is 0 Å². The molecule has 2 aliphatic rings. The molecule has 0 bridgehead atoms. The summed E-state index contributed by atoms with van der Waals surface area (Å²) >= 11 is 1.50. The second-order valence-electron chi connectivity index (χ2n) is 6.80. The van der Waals surface area contributed by atoms with Gasteiger partial charge in [0.2, 0.25) is 11.8 Å². The lowest BCUT2D eigenvalue weighted by atomic mass is 9.54. The maximum Gasteiger partial charge on any atom is 0.330 e. The number of carbonyl (C=O) groups excluding carboxylic acids is 2. The summed E-state index contributed by atoms with van der Waals surface area (Å²) in [7, 11) is 0. The van der Waals surface area contributed by atoms with Crippen LogP contribution in [0.1, 0.15) is 40.5 Å². The van der Waals surface area contributed by atoms with E-state index < -0.39 is 28.9 Å². The molecule has 0 radical (unpaired) electrons. The van der Waals surface area contributed by atoms with Crippen molar-refractivity contribution in [1.29, 1.82) is 0 Å².